The van der Waals surface area contributed by atoms with Crippen LogP contribution in [0.4, 0.5) is 0 Å². The molecule has 1 aliphatic rings. The number of allylic oxidation sites excluding steroid dienone is 1. The van der Waals surface area contributed by atoms with E-state index in [0.29, 0.717) is 5.29 Å². The van der Waals surface area contributed by atoms with Gasteiger partial charge in [0.1, 0.15) is 6.20 Å². The average molecular weight is 168 g/mol. The molecule has 0 aromatic heterocycles. The lowest BCUT2D eigenvalue weighted by Gasteiger charge is -1.93. The van der Waals surface area contributed by atoms with E-state index in [9.17, 15) is 0 Å². The van der Waals surface area contributed by atoms with E-state index in [1.807, 2.05) is 20.2 Å². The molecule has 52 valence electrons. The third-order valence-electron chi connectivity index (χ3n) is 1.03. The number of hydrogen-bond donors (Lipinski definition) is 1. The van der Waals surface area contributed by atoms with Crippen LogP contribution in [0, 0.1) is 0 Å². The van der Waals surface area contributed by atoms with Gasteiger partial charge in [-0.15, -0.1) is 12.4 Å². The third kappa shape index (κ3) is 1.97. The first-order valence-electron chi connectivity index (χ1n) is 2.46. The maximum atomic E-state index is 5.62. The summed E-state index contributed by atoms with van der Waals surface area (Å²) in [7, 11) is 1.95. The second-order valence-corrected chi connectivity index (χ2v) is 2.23. The molecule has 0 saturated heterocycles. The van der Waals surface area contributed by atoms with Crippen LogP contribution in [0.25, 0.3) is 0 Å². The van der Waals surface area contributed by atoms with Gasteiger partial charge in [-0.2, -0.15) is 4.99 Å². The van der Waals surface area contributed by atoms with Crippen LogP contribution < -0.4 is 4.90 Å². The van der Waals surface area contributed by atoms with E-state index in [1.165, 1.54) is 0 Å². The maximum Gasteiger partial charge on any atom is 0.303 e. The van der Waals surface area contributed by atoms with Gasteiger partial charge in [0.2, 0.25) is 0 Å². The van der Waals surface area contributed by atoms with Crippen molar-refractivity contribution in [2.75, 3.05) is 7.05 Å². The summed E-state index contributed by atoms with van der Waals surface area (Å²) in [5, 5.41) is 0.627. The standard InChI is InChI=1S/C5H7ClN2.ClH/c1-4-3-8(2)5(6)7-4;/h3H,1-2H3;1H/p+1. The fourth-order valence-electron chi connectivity index (χ4n) is 0.648. The molecule has 9 heavy (non-hydrogen) atoms. The van der Waals surface area contributed by atoms with Gasteiger partial charge in [-0.3, -0.25) is 4.90 Å². The summed E-state index contributed by atoms with van der Waals surface area (Å²) in [6.45, 7) is 1.93. The normalized spacial score (nSPS) is 24.6. The Bertz CT molecular complexity index is 162. The van der Waals surface area contributed by atoms with Crippen LogP contribution in [0.5, 0.6) is 0 Å². The van der Waals surface area contributed by atoms with E-state index >= 15 is 0 Å². The van der Waals surface area contributed by atoms with Crippen molar-refractivity contribution in [3.63, 3.8) is 0 Å². The van der Waals surface area contributed by atoms with Crippen LogP contribution in [-0.2, 0) is 0 Å². The fraction of sp³-hybridized carbons (Fsp3) is 0.400. The molecular formula is C5H9Cl2N2+. The van der Waals surface area contributed by atoms with Crippen molar-refractivity contribution in [2.45, 2.75) is 6.92 Å². The number of hydrogen-bond acceptors (Lipinski definition) is 1. The SMILES string of the molecule is CC1=C[NH+](C)C(Cl)=N1.Cl. The number of rotatable bonds is 0. The Kier molecular flexibility index (Phi) is 3.18. The van der Waals surface area contributed by atoms with Crippen LogP contribution in [-0.4, -0.2) is 12.3 Å². The van der Waals surface area contributed by atoms with Crippen molar-refractivity contribution in [1.82, 2.24) is 0 Å². The molecule has 0 spiro atoms. The van der Waals surface area contributed by atoms with Crippen molar-refractivity contribution in [1.29, 1.82) is 0 Å². The molecule has 0 radical (unpaired) electrons. The largest absolute Gasteiger partial charge is 0.303 e. The molecule has 4 heteroatoms. The number of amidine groups is 1. The molecule has 0 amide bonds. The number of aliphatic imine (C=N–C) groups is 1. The highest BCUT2D eigenvalue weighted by Gasteiger charge is 2.12. The summed E-state index contributed by atoms with van der Waals surface area (Å²) in [5.74, 6) is 0. The van der Waals surface area contributed by atoms with E-state index in [0.717, 1.165) is 10.6 Å². The van der Waals surface area contributed by atoms with Crippen LogP contribution in [0.1, 0.15) is 6.92 Å². The third-order valence-corrected chi connectivity index (χ3v) is 1.41. The molecular weight excluding hydrogens is 159 g/mol. The molecule has 1 unspecified atom stereocenters. The minimum atomic E-state index is 0. The minimum Gasteiger partial charge on any atom is -0.250 e. The van der Waals surface area contributed by atoms with Crippen LogP contribution in [0.3, 0.4) is 0 Å². The second kappa shape index (κ2) is 3.20. The quantitative estimate of drug-likeness (QED) is 0.504. The maximum absolute atomic E-state index is 5.62. The van der Waals surface area contributed by atoms with Crippen molar-refractivity contribution >= 4 is 29.3 Å². The molecule has 1 heterocycles. The lowest BCUT2D eigenvalue weighted by atomic mass is 10.6. The van der Waals surface area contributed by atoms with Crippen LogP contribution >= 0.6 is 24.0 Å². The average Bonchev–Trinajstić information content (AvgIpc) is 1.85. The topological polar surface area (TPSA) is 16.8 Å². The summed E-state index contributed by atoms with van der Waals surface area (Å²) in [4.78, 5) is 5.04. The second-order valence-electron chi connectivity index (χ2n) is 1.87. The predicted octanol–water partition coefficient (Wildman–Crippen LogP) is 0.393. The number of halogens is 2. The summed E-state index contributed by atoms with van der Waals surface area (Å²) in [6.07, 6.45) is 1.96. The Morgan fingerprint density at radius 3 is 2.33 bits per heavy atom. The first kappa shape index (κ1) is 8.95. The van der Waals surface area contributed by atoms with Gasteiger partial charge in [0.25, 0.3) is 0 Å². The van der Waals surface area contributed by atoms with E-state index in [4.69, 9.17) is 11.6 Å². The van der Waals surface area contributed by atoms with E-state index in [-0.39, 0.29) is 12.4 Å². The Hall–Kier alpha value is -0.0500. The molecule has 0 aromatic rings. The molecule has 0 aromatic carbocycles. The zero-order valence-corrected chi connectivity index (χ0v) is 6.88. The van der Waals surface area contributed by atoms with Gasteiger partial charge in [0, 0.05) is 11.6 Å². The molecule has 0 saturated carbocycles. The highest BCUT2D eigenvalue weighted by molar-refractivity contribution is 6.62. The van der Waals surface area contributed by atoms with Crippen LogP contribution in [0.2, 0.25) is 0 Å². The molecule has 0 aliphatic carbocycles. The fourth-order valence-corrected chi connectivity index (χ4v) is 0.836. The van der Waals surface area contributed by atoms with Crippen LogP contribution in [0.15, 0.2) is 16.9 Å². The van der Waals surface area contributed by atoms with Gasteiger partial charge in [-0.05, 0) is 6.92 Å². The molecule has 0 bridgehead atoms. The van der Waals surface area contributed by atoms with E-state index < -0.39 is 0 Å². The Morgan fingerprint density at radius 2 is 2.22 bits per heavy atom. The smallest absolute Gasteiger partial charge is 0.250 e. The van der Waals surface area contributed by atoms with Gasteiger partial charge >= 0.3 is 5.29 Å². The first-order valence-corrected chi connectivity index (χ1v) is 2.84. The van der Waals surface area contributed by atoms with Crippen molar-refractivity contribution in [3.8, 4) is 0 Å². The summed E-state index contributed by atoms with van der Waals surface area (Å²) in [6, 6.07) is 0. The Balaban J connectivity index is 0.000000640. The number of nitrogens with zero attached hydrogens (tertiary/aromatic N) is 1. The number of nitrogens with one attached hydrogen (secondary N) is 1. The summed E-state index contributed by atoms with van der Waals surface area (Å²) < 4.78 is 0. The molecule has 1 aliphatic heterocycles. The molecule has 1 rings (SSSR count). The zero-order chi connectivity index (χ0) is 6.15. The molecule has 1 N–H and O–H groups in total. The summed E-state index contributed by atoms with van der Waals surface area (Å²) in [5.41, 5.74) is 0.993. The lowest BCUT2D eigenvalue weighted by Crippen LogP contribution is -3.05. The van der Waals surface area contributed by atoms with Crippen molar-refractivity contribution in [3.05, 3.63) is 11.9 Å². The van der Waals surface area contributed by atoms with E-state index in [1.54, 1.807) is 0 Å². The minimum absolute atomic E-state index is 0. The highest BCUT2D eigenvalue weighted by atomic mass is 35.5. The van der Waals surface area contributed by atoms with Gasteiger partial charge in [0.15, 0.2) is 0 Å². The van der Waals surface area contributed by atoms with Gasteiger partial charge in [0.05, 0.1) is 12.7 Å². The summed E-state index contributed by atoms with van der Waals surface area (Å²) >= 11 is 5.62. The molecule has 2 nitrogen and oxygen atoms in total. The van der Waals surface area contributed by atoms with Crippen molar-refractivity contribution in [2.24, 2.45) is 4.99 Å². The zero-order valence-electron chi connectivity index (χ0n) is 5.31. The van der Waals surface area contributed by atoms with Crippen molar-refractivity contribution < 1.29 is 4.90 Å². The lowest BCUT2D eigenvalue weighted by molar-refractivity contribution is -0.714. The van der Waals surface area contributed by atoms with Gasteiger partial charge in [-0.25, -0.2) is 0 Å². The predicted molar refractivity (Wildman–Crippen MR) is 41.2 cm³/mol. The number of quaternary nitrogens is 1. The molecule has 0 fully saturated rings. The first-order chi connectivity index (χ1) is 3.70. The van der Waals surface area contributed by atoms with E-state index in [2.05, 4.69) is 4.99 Å². The Labute approximate surface area is 65.6 Å². The van der Waals surface area contributed by atoms with Gasteiger partial charge < -0.3 is 0 Å². The monoisotopic (exact) mass is 167 g/mol. The Morgan fingerprint density at radius 1 is 1.67 bits per heavy atom. The highest BCUT2D eigenvalue weighted by Crippen LogP contribution is 1.96. The molecule has 1 atom stereocenters. The van der Waals surface area contributed by atoms with Gasteiger partial charge in [-0.1, -0.05) is 0 Å².